The van der Waals surface area contributed by atoms with Gasteiger partial charge in [-0.2, -0.15) is 4.98 Å². The topological polar surface area (TPSA) is 202 Å². The molecule has 2 aliphatic heterocycles. The van der Waals surface area contributed by atoms with Crippen molar-refractivity contribution in [2.45, 2.75) is 30.6 Å². The first-order valence-electron chi connectivity index (χ1n) is 10.0. The number of ether oxygens (including phenoxy) is 4. The van der Waals surface area contributed by atoms with Gasteiger partial charge in [-0.1, -0.05) is 12.1 Å². The summed E-state index contributed by atoms with van der Waals surface area (Å²) in [6.07, 6.45) is -3.89. The van der Waals surface area contributed by atoms with E-state index in [4.69, 9.17) is 35.0 Å². The van der Waals surface area contributed by atoms with Crippen LogP contribution in [0.3, 0.4) is 0 Å². The first kappa shape index (κ1) is 23.3. The van der Waals surface area contributed by atoms with Crippen LogP contribution < -0.4 is 16.9 Å². The normalized spacial score (nSPS) is 24.6. The van der Waals surface area contributed by atoms with Crippen LogP contribution in [0.1, 0.15) is 26.9 Å². The van der Waals surface area contributed by atoms with Gasteiger partial charge in [0.05, 0.1) is 17.7 Å². The van der Waals surface area contributed by atoms with Gasteiger partial charge < -0.3 is 29.8 Å². The number of esters is 3. The predicted octanol–water partition coefficient (Wildman–Crippen LogP) is -1.43. The number of carbonyl (C=O) groups excluding carboxylic acids is 3. The number of anilines is 1. The molecule has 14 heteroatoms. The number of hydrogen-bond donors (Lipinski definition) is 4. The Hall–Kier alpha value is -3.85. The number of carbonyl (C=O) groups is 3. The highest BCUT2D eigenvalue weighted by molar-refractivity contribution is 6.03. The molecule has 3 heterocycles. The Balaban J connectivity index is 1.70. The van der Waals surface area contributed by atoms with Crippen LogP contribution in [0.2, 0.25) is 0 Å². The zero-order valence-electron chi connectivity index (χ0n) is 17.4. The summed E-state index contributed by atoms with van der Waals surface area (Å²) in [5.74, 6) is -2.79. The van der Waals surface area contributed by atoms with Gasteiger partial charge in [0, 0.05) is 6.20 Å². The van der Waals surface area contributed by atoms with Crippen molar-refractivity contribution in [3.63, 3.8) is 0 Å². The van der Waals surface area contributed by atoms with E-state index < -0.39 is 67.4 Å². The Morgan fingerprint density at radius 1 is 1.15 bits per heavy atom. The van der Waals surface area contributed by atoms with E-state index in [-0.39, 0.29) is 16.9 Å². The standard InChI is InChI=1S/C20H20N4O10/c21-11(7-25)19(28)31-8-12-14-15(16(32-12)24-6-5-13(23-30)22-20(24)29)34-18(27)10-4-2-1-3-9(10)17(26)33-14/h1-6,11-12,14-16,25,30H,7-8,21H2,(H,22,23,29)/t11-,12-,14-,15-,16-/m1/s1. The number of nitrogens with two attached hydrogens (primary N) is 1. The zero-order chi connectivity index (χ0) is 24.4. The number of aliphatic hydroxyl groups excluding tert-OH is 1. The minimum Gasteiger partial charge on any atom is -0.462 e. The Morgan fingerprint density at radius 2 is 1.79 bits per heavy atom. The molecular weight excluding hydrogens is 456 g/mol. The van der Waals surface area contributed by atoms with Crippen LogP contribution >= 0.6 is 0 Å². The van der Waals surface area contributed by atoms with Gasteiger partial charge in [0.15, 0.2) is 24.3 Å². The maximum Gasteiger partial charge on any atom is 0.351 e. The molecule has 5 atom stereocenters. The van der Waals surface area contributed by atoms with Crippen molar-refractivity contribution >= 4 is 23.7 Å². The lowest BCUT2D eigenvalue weighted by Crippen LogP contribution is -2.44. The molecule has 4 rings (SSSR count). The van der Waals surface area contributed by atoms with Crippen molar-refractivity contribution in [3.8, 4) is 0 Å². The largest absolute Gasteiger partial charge is 0.462 e. The molecule has 2 aromatic rings. The van der Waals surface area contributed by atoms with Crippen molar-refractivity contribution in [2.24, 2.45) is 5.73 Å². The van der Waals surface area contributed by atoms with E-state index in [0.717, 1.165) is 4.57 Å². The van der Waals surface area contributed by atoms with Crippen LogP contribution in [0.25, 0.3) is 0 Å². The van der Waals surface area contributed by atoms with E-state index in [2.05, 4.69) is 4.98 Å². The van der Waals surface area contributed by atoms with E-state index in [0.29, 0.717) is 0 Å². The van der Waals surface area contributed by atoms with Crippen LogP contribution in [-0.4, -0.2) is 75.3 Å². The molecule has 180 valence electrons. The van der Waals surface area contributed by atoms with Gasteiger partial charge >= 0.3 is 23.6 Å². The van der Waals surface area contributed by atoms with Crippen molar-refractivity contribution in [1.82, 2.24) is 9.55 Å². The lowest BCUT2D eigenvalue weighted by atomic mass is 10.0. The number of fused-ring (bicyclic) bond motifs is 2. The number of nitrogens with one attached hydrogen (secondary N) is 1. The molecule has 0 bridgehead atoms. The average molecular weight is 476 g/mol. The summed E-state index contributed by atoms with van der Waals surface area (Å²) < 4.78 is 23.0. The highest BCUT2D eigenvalue weighted by Crippen LogP contribution is 2.36. The molecular formula is C20H20N4O10. The summed E-state index contributed by atoms with van der Waals surface area (Å²) in [6.45, 7) is -1.15. The summed E-state index contributed by atoms with van der Waals surface area (Å²) in [7, 11) is 0. The van der Waals surface area contributed by atoms with E-state index in [1.807, 2.05) is 0 Å². The molecule has 1 aromatic heterocycles. The van der Waals surface area contributed by atoms with Crippen LogP contribution in [-0.2, 0) is 23.7 Å². The van der Waals surface area contributed by atoms with Crippen molar-refractivity contribution in [2.75, 3.05) is 18.7 Å². The summed E-state index contributed by atoms with van der Waals surface area (Å²) in [5, 5.41) is 18.0. The van der Waals surface area contributed by atoms with Crippen molar-refractivity contribution in [3.05, 3.63) is 58.1 Å². The van der Waals surface area contributed by atoms with Crippen LogP contribution in [0.4, 0.5) is 5.82 Å². The number of nitrogens with zero attached hydrogens (tertiary/aromatic N) is 2. The van der Waals surface area contributed by atoms with Gasteiger partial charge in [-0.05, 0) is 18.2 Å². The molecule has 0 amide bonds. The fourth-order valence-electron chi connectivity index (χ4n) is 3.56. The van der Waals surface area contributed by atoms with Gasteiger partial charge in [0.1, 0.15) is 18.8 Å². The van der Waals surface area contributed by atoms with Gasteiger partial charge in [-0.25, -0.2) is 14.4 Å². The van der Waals surface area contributed by atoms with Crippen LogP contribution in [0.15, 0.2) is 41.3 Å². The monoisotopic (exact) mass is 476 g/mol. The summed E-state index contributed by atoms with van der Waals surface area (Å²) in [5.41, 5.74) is 6.21. The second-order valence-corrected chi connectivity index (χ2v) is 7.38. The molecule has 0 spiro atoms. The smallest absolute Gasteiger partial charge is 0.351 e. The lowest BCUT2D eigenvalue weighted by Gasteiger charge is -2.27. The zero-order valence-corrected chi connectivity index (χ0v) is 17.4. The molecule has 0 aliphatic carbocycles. The molecule has 1 fully saturated rings. The Labute approximate surface area is 190 Å². The second-order valence-electron chi connectivity index (χ2n) is 7.38. The van der Waals surface area contributed by atoms with Crippen LogP contribution in [0.5, 0.6) is 0 Å². The van der Waals surface area contributed by atoms with Gasteiger partial charge in [0.25, 0.3) is 0 Å². The molecule has 1 aromatic carbocycles. The Morgan fingerprint density at radius 3 is 2.38 bits per heavy atom. The van der Waals surface area contributed by atoms with Gasteiger partial charge in [-0.15, -0.1) is 0 Å². The number of rotatable bonds is 6. The average Bonchev–Trinajstić information content (AvgIpc) is 3.16. The molecule has 5 N–H and O–H groups in total. The van der Waals surface area contributed by atoms with Crippen molar-refractivity contribution < 1.29 is 43.6 Å². The quantitative estimate of drug-likeness (QED) is 0.215. The third-order valence-electron chi connectivity index (χ3n) is 5.25. The van der Waals surface area contributed by atoms with E-state index in [1.54, 1.807) is 5.48 Å². The number of benzene rings is 1. The third-order valence-corrected chi connectivity index (χ3v) is 5.25. The summed E-state index contributed by atoms with van der Waals surface area (Å²) in [4.78, 5) is 53.7. The predicted molar refractivity (Wildman–Crippen MR) is 109 cm³/mol. The molecule has 0 unspecified atom stereocenters. The molecule has 0 radical (unpaired) electrons. The Kier molecular flexibility index (Phi) is 6.56. The minimum atomic E-state index is -1.33. The minimum absolute atomic E-state index is 0.0374. The van der Waals surface area contributed by atoms with Crippen LogP contribution in [0, 0.1) is 0 Å². The number of hydrogen-bond acceptors (Lipinski definition) is 13. The molecule has 14 nitrogen and oxygen atoms in total. The van der Waals surface area contributed by atoms with E-state index >= 15 is 0 Å². The van der Waals surface area contributed by atoms with Gasteiger partial charge in [0.2, 0.25) is 0 Å². The SMILES string of the molecule is N[C@H](CO)C(=O)OC[C@H]1O[C@@H](n2ccc(NO)nc2=O)[C@@H]2OC(=O)c3ccccc3C(=O)O[C@@H]21. The highest BCUT2D eigenvalue weighted by atomic mass is 16.7. The second kappa shape index (κ2) is 9.56. The molecule has 2 aliphatic rings. The highest BCUT2D eigenvalue weighted by Gasteiger charge is 2.52. The van der Waals surface area contributed by atoms with E-state index in [1.165, 1.54) is 36.5 Å². The summed E-state index contributed by atoms with van der Waals surface area (Å²) in [6, 6.07) is 5.79. The first-order chi connectivity index (χ1) is 16.3. The molecule has 0 saturated carbocycles. The van der Waals surface area contributed by atoms with Gasteiger partial charge in [-0.3, -0.25) is 20.0 Å². The Bertz CT molecular complexity index is 1170. The molecule has 34 heavy (non-hydrogen) atoms. The van der Waals surface area contributed by atoms with Crippen molar-refractivity contribution in [1.29, 1.82) is 0 Å². The maximum atomic E-state index is 12.8. The number of aliphatic hydroxyl groups is 1. The fraction of sp³-hybridized carbons (Fsp3) is 0.350. The molecule has 1 saturated heterocycles. The summed E-state index contributed by atoms with van der Waals surface area (Å²) >= 11 is 0. The first-order valence-corrected chi connectivity index (χ1v) is 10.0. The fourth-order valence-corrected chi connectivity index (χ4v) is 3.56. The van der Waals surface area contributed by atoms with E-state index in [9.17, 15) is 19.2 Å². The lowest BCUT2D eigenvalue weighted by molar-refractivity contribution is -0.152. The third kappa shape index (κ3) is 4.34. The number of aromatic nitrogens is 2. The maximum absolute atomic E-state index is 12.8.